The number of aliphatic imine (C=N–C) groups is 1. The summed E-state index contributed by atoms with van der Waals surface area (Å²) in [7, 11) is 0. The molecule has 9 heteroatoms. The highest BCUT2D eigenvalue weighted by molar-refractivity contribution is 6.29. The molecule has 2 aromatic heterocycles. The molecule has 0 spiro atoms. The fourth-order valence-corrected chi connectivity index (χ4v) is 3.70. The van der Waals surface area contributed by atoms with Gasteiger partial charge in [0, 0.05) is 35.5 Å². The zero-order valence-electron chi connectivity index (χ0n) is 19.3. The average molecular weight is 468 g/mol. The first kappa shape index (κ1) is 24.4. The van der Waals surface area contributed by atoms with Gasteiger partial charge in [0.05, 0.1) is 17.6 Å². The molecular formula is C24H30ClN7O. The normalized spacial score (nSPS) is 12.8. The number of rotatable bonds is 8. The molecule has 1 aromatic carbocycles. The van der Waals surface area contributed by atoms with E-state index in [-0.39, 0.29) is 23.6 Å². The van der Waals surface area contributed by atoms with Crippen LogP contribution in [0, 0.1) is 6.92 Å². The van der Waals surface area contributed by atoms with Crippen molar-refractivity contribution in [3.05, 3.63) is 64.4 Å². The number of amides is 1. The van der Waals surface area contributed by atoms with E-state index in [1.807, 2.05) is 52.0 Å². The molecule has 3 rings (SSSR count). The number of nitrogens with one attached hydrogen (secondary N) is 1. The lowest BCUT2D eigenvalue weighted by molar-refractivity contribution is 0.0936. The van der Waals surface area contributed by atoms with Crippen LogP contribution >= 0.6 is 11.6 Å². The minimum atomic E-state index is -0.639. The standard InChI is InChI=1S/C24H30ClN7O/c1-5-18(27)20-21(16-8-6-15(2)7-9-16)31-32(22(20)30-14-26)24(3,4)13-29-23(33)17-10-11-28-19(25)12-17/h6-12,14,18H,5,13,27H2,1-4H3,(H2,26,30)(H,29,33). The zero-order chi connectivity index (χ0) is 24.2. The van der Waals surface area contributed by atoms with Gasteiger partial charge in [-0.2, -0.15) is 5.10 Å². The molecule has 0 saturated carbocycles. The van der Waals surface area contributed by atoms with E-state index >= 15 is 0 Å². The Morgan fingerprint density at radius 1 is 1.30 bits per heavy atom. The molecule has 5 N–H and O–H groups in total. The second kappa shape index (κ2) is 10.1. The van der Waals surface area contributed by atoms with Crippen molar-refractivity contribution in [3.63, 3.8) is 0 Å². The van der Waals surface area contributed by atoms with Gasteiger partial charge in [-0.15, -0.1) is 0 Å². The van der Waals surface area contributed by atoms with E-state index in [1.165, 1.54) is 18.6 Å². The number of carbonyl (C=O) groups excluding carboxylic acids is 1. The van der Waals surface area contributed by atoms with Crippen LogP contribution in [-0.4, -0.2) is 33.6 Å². The molecule has 0 bridgehead atoms. The summed E-state index contributed by atoms with van der Waals surface area (Å²) < 4.78 is 1.79. The number of halogens is 1. The lowest BCUT2D eigenvalue weighted by Gasteiger charge is -2.27. The third-order valence-electron chi connectivity index (χ3n) is 5.47. The highest BCUT2D eigenvalue weighted by atomic mass is 35.5. The predicted molar refractivity (Wildman–Crippen MR) is 133 cm³/mol. The zero-order valence-corrected chi connectivity index (χ0v) is 20.1. The first-order valence-corrected chi connectivity index (χ1v) is 11.2. The number of nitrogens with two attached hydrogens (primary N) is 2. The van der Waals surface area contributed by atoms with Gasteiger partial charge in [-0.1, -0.05) is 48.4 Å². The topological polar surface area (TPSA) is 124 Å². The molecule has 174 valence electrons. The number of benzene rings is 1. The van der Waals surface area contributed by atoms with Gasteiger partial charge in [0.15, 0.2) is 5.82 Å². The van der Waals surface area contributed by atoms with E-state index in [0.717, 1.165) is 22.4 Å². The summed E-state index contributed by atoms with van der Waals surface area (Å²) in [5, 5.41) is 8.13. The fraction of sp³-hybridized carbons (Fsp3) is 0.333. The lowest BCUT2D eigenvalue weighted by atomic mass is 9.99. The summed E-state index contributed by atoms with van der Waals surface area (Å²) in [5.41, 5.74) is 15.7. The number of hydrogen-bond donors (Lipinski definition) is 3. The van der Waals surface area contributed by atoms with Crippen molar-refractivity contribution in [1.29, 1.82) is 0 Å². The van der Waals surface area contributed by atoms with Gasteiger partial charge in [-0.3, -0.25) is 4.79 Å². The van der Waals surface area contributed by atoms with E-state index in [4.69, 9.17) is 28.2 Å². The third-order valence-corrected chi connectivity index (χ3v) is 5.68. The van der Waals surface area contributed by atoms with Crippen molar-refractivity contribution in [2.75, 3.05) is 6.54 Å². The largest absolute Gasteiger partial charge is 0.390 e. The van der Waals surface area contributed by atoms with Crippen molar-refractivity contribution in [2.24, 2.45) is 16.5 Å². The van der Waals surface area contributed by atoms with E-state index < -0.39 is 5.54 Å². The van der Waals surface area contributed by atoms with Gasteiger partial charge in [-0.05, 0) is 39.3 Å². The molecule has 0 aliphatic carbocycles. The maximum absolute atomic E-state index is 12.7. The first-order valence-electron chi connectivity index (χ1n) is 10.8. The molecule has 0 radical (unpaired) electrons. The van der Waals surface area contributed by atoms with Crippen molar-refractivity contribution in [3.8, 4) is 11.3 Å². The number of aryl methyl sites for hydroxylation is 1. The SMILES string of the molecule is CCC(N)c1c(-c2ccc(C)cc2)nn(C(C)(C)CNC(=O)c2ccnc(Cl)c2)c1/N=C\N. The molecular weight excluding hydrogens is 438 g/mol. The van der Waals surface area contributed by atoms with Gasteiger partial charge >= 0.3 is 0 Å². The van der Waals surface area contributed by atoms with Crippen LogP contribution in [0.15, 0.2) is 47.6 Å². The fourth-order valence-electron chi connectivity index (χ4n) is 3.53. The Kier molecular flexibility index (Phi) is 7.50. The van der Waals surface area contributed by atoms with Gasteiger partial charge < -0.3 is 16.8 Å². The molecule has 1 unspecified atom stereocenters. The highest BCUT2D eigenvalue weighted by Crippen LogP contribution is 2.38. The van der Waals surface area contributed by atoms with Crippen LogP contribution in [0.3, 0.4) is 0 Å². The second-order valence-corrected chi connectivity index (χ2v) is 8.91. The molecule has 33 heavy (non-hydrogen) atoms. The quantitative estimate of drug-likeness (QED) is 0.261. The number of hydrogen-bond acceptors (Lipinski definition) is 5. The molecule has 2 heterocycles. The van der Waals surface area contributed by atoms with Gasteiger partial charge in [0.1, 0.15) is 5.15 Å². The van der Waals surface area contributed by atoms with Crippen molar-refractivity contribution in [1.82, 2.24) is 20.1 Å². The Bertz CT molecular complexity index is 1150. The monoisotopic (exact) mass is 467 g/mol. The summed E-state index contributed by atoms with van der Waals surface area (Å²) in [6.45, 7) is 8.27. The minimum absolute atomic E-state index is 0.257. The Morgan fingerprint density at radius 2 is 2.00 bits per heavy atom. The third kappa shape index (κ3) is 5.40. The van der Waals surface area contributed by atoms with Gasteiger partial charge in [0.25, 0.3) is 5.91 Å². The maximum Gasteiger partial charge on any atom is 0.251 e. The number of pyridine rings is 1. The molecule has 1 amide bonds. The maximum atomic E-state index is 12.7. The molecule has 0 fully saturated rings. The summed E-state index contributed by atoms with van der Waals surface area (Å²) in [4.78, 5) is 21.0. The van der Waals surface area contributed by atoms with E-state index in [0.29, 0.717) is 17.8 Å². The van der Waals surface area contributed by atoms with Crippen LogP contribution in [0.2, 0.25) is 5.15 Å². The molecule has 0 aliphatic rings. The number of nitrogens with zero attached hydrogens (tertiary/aromatic N) is 4. The average Bonchev–Trinajstić information content (AvgIpc) is 3.18. The number of carbonyl (C=O) groups is 1. The van der Waals surface area contributed by atoms with Crippen LogP contribution in [0.1, 0.15) is 54.7 Å². The Hall–Kier alpha value is -3.23. The molecule has 1 atom stereocenters. The smallest absolute Gasteiger partial charge is 0.251 e. The van der Waals surface area contributed by atoms with Crippen molar-refractivity contribution in [2.45, 2.75) is 45.7 Å². The summed E-state index contributed by atoms with van der Waals surface area (Å²) in [5.74, 6) is 0.321. The summed E-state index contributed by atoms with van der Waals surface area (Å²) in [6, 6.07) is 11.0. The van der Waals surface area contributed by atoms with Crippen molar-refractivity contribution < 1.29 is 4.79 Å². The van der Waals surface area contributed by atoms with Crippen LogP contribution < -0.4 is 16.8 Å². The number of aromatic nitrogens is 3. The first-order chi connectivity index (χ1) is 15.7. The van der Waals surface area contributed by atoms with Crippen LogP contribution in [0.4, 0.5) is 5.82 Å². The summed E-state index contributed by atoms with van der Waals surface area (Å²) in [6.07, 6.45) is 3.44. The van der Waals surface area contributed by atoms with Crippen LogP contribution in [0.25, 0.3) is 11.3 Å². The van der Waals surface area contributed by atoms with E-state index in [1.54, 1.807) is 10.7 Å². The van der Waals surface area contributed by atoms with Gasteiger partial charge in [-0.25, -0.2) is 14.7 Å². The lowest BCUT2D eigenvalue weighted by Crippen LogP contribution is -2.41. The van der Waals surface area contributed by atoms with Crippen LogP contribution in [-0.2, 0) is 5.54 Å². The molecule has 0 saturated heterocycles. The molecule has 0 aliphatic heterocycles. The van der Waals surface area contributed by atoms with E-state index in [2.05, 4.69) is 15.3 Å². The highest BCUT2D eigenvalue weighted by Gasteiger charge is 2.31. The minimum Gasteiger partial charge on any atom is -0.390 e. The van der Waals surface area contributed by atoms with E-state index in [9.17, 15) is 4.79 Å². The Labute approximate surface area is 199 Å². The predicted octanol–water partition coefficient (Wildman–Crippen LogP) is 4.10. The Balaban J connectivity index is 2.02. The second-order valence-electron chi connectivity index (χ2n) is 8.52. The Morgan fingerprint density at radius 3 is 2.61 bits per heavy atom. The molecule has 3 aromatic rings. The van der Waals surface area contributed by atoms with Gasteiger partial charge in [0.2, 0.25) is 0 Å². The van der Waals surface area contributed by atoms with Crippen molar-refractivity contribution >= 4 is 29.7 Å². The van der Waals surface area contributed by atoms with Crippen LogP contribution in [0.5, 0.6) is 0 Å². The molecule has 8 nitrogen and oxygen atoms in total. The summed E-state index contributed by atoms with van der Waals surface area (Å²) >= 11 is 5.92.